The number of hydrogen-bond donors (Lipinski definition) is 1. The van der Waals surface area contributed by atoms with Crippen molar-refractivity contribution in [2.24, 2.45) is 0 Å². The van der Waals surface area contributed by atoms with Gasteiger partial charge in [-0.3, -0.25) is 4.98 Å². The van der Waals surface area contributed by atoms with Crippen LogP contribution in [0.4, 0.5) is 5.69 Å². The number of anilines is 1. The largest absolute Gasteiger partial charge is 0.372 e. The van der Waals surface area contributed by atoms with Crippen molar-refractivity contribution in [3.63, 3.8) is 0 Å². The van der Waals surface area contributed by atoms with Gasteiger partial charge in [0.15, 0.2) is 5.11 Å². The van der Waals surface area contributed by atoms with Crippen LogP contribution >= 0.6 is 12.2 Å². The number of hydrogen-bond acceptors (Lipinski definition) is 4. The Morgan fingerprint density at radius 1 is 1.03 bits per heavy atom. The van der Waals surface area contributed by atoms with Gasteiger partial charge >= 0.3 is 0 Å². The topological polar surface area (TPSA) is 39.6 Å². The summed E-state index contributed by atoms with van der Waals surface area (Å²) in [5.41, 5.74) is 7.21. The number of thiocarbonyl (C=S) groups is 1. The molecule has 1 N–H and O–H groups in total. The monoisotopic (exact) mass is 490 g/mol. The van der Waals surface area contributed by atoms with Crippen molar-refractivity contribution >= 4 is 23.0 Å². The molecule has 1 aliphatic rings. The van der Waals surface area contributed by atoms with E-state index in [2.05, 4.69) is 108 Å². The van der Waals surface area contributed by atoms with Crippen LogP contribution in [-0.2, 0) is 0 Å². The maximum absolute atomic E-state index is 5.84. The van der Waals surface area contributed by atoms with Gasteiger partial charge in [0.05, 0.1) is 17.8 Å². The van der Waals surface area contributed by atoms with Crippen molar-refractivity contribution in [2.45, 2.75) is 39.8 Å². The van der Waals surface area contributed by atoms with Crippen LogP contribution in [0.1, 0.15) is 48.6 Å². The third-order valence-electron chi connectivity index (χ3n) is 7.01. The van der Waals surface area contributed by atoms with Crippen LogP contribution in [0.5, 0.6) is 0 Å². The quantitative estimate of drug-likeness (QED) is 0.432. The summed E-state index contributed by atoms with van der Waals surface area (Å²) in [6.07, 6.45) is 1.86. The van der Waals surface area contributed by atoms with Crippen molar-refractivity contribution in [1.29, 1.82) is 0 Å². The Balaban J connectivity index is 1.75. The molecule has 1 aliphatic heterocycles. The Morgan fingerprint density at radius 3 is 2.34 bits per heavy atom. The van der Waals surface area contributed by atoms with Gasteiger partial charge in [0.2, 0.25) is 0 Å². The van der Waals surface area contributed by atoms with Crippen molar-refractivity contribution in [3.05, 3.63) is 77.4 Å². The summed E-state index contributed by atoms with van der Waals surface area (Å²) < 4.78 is 2.36. The molecule has 1 saturated heterocycles. The molecule has 0 radical (unpaired) electrons. The molecular weight excluding hydrogens is 452 g/mol. The van der Waals surface area contributed by atoms with E-state index in [4.69, 9.17) is 12.2 Å². The van der Waals surface area contributed by atoms with Gasteiger partial charge in [0.25, 0.3) is 0 Å². The van der Waals surface area contributed by atoms with Gasteiger partial charge in [0.1, 0.15) is 0 Å². The average molecular weight is 491 g/mol. The molecule has 1 fully saturated rings. The molecule has 0 amide bonds. The predicted octanol–water partition coefficient (Wildman–Crippen LogP) is 4.87. The summed E-state index contributed by atoms with van der Waals surface area (Å²) in [7, 11) is 4.21. The smallest absolute Gasteiger partial charge is 0.170 e. The first kappa shape index (κ1) is 25.2. The lowest BCUT2D eigenvalue weighted by atomic mass is 9.96. The molecule has 3 heterocycles. The second-order valence-corrected chi connectivity index (χ2v) is 9.86. The summed E-state index contributed by atoms with van der Waals surface area (Å²) in [4.78, 5) is 11.6. The van der Waals surface area contributed by atoms with E-state index in [9.17, 15) is 0 Å². The van der Waals surface area contributed by atoms with Gasteiger partial charge < -0.3 is 24.6 Å². The summed E-state index contributed by atoms with van der Waals surface area (Å²) in [6.45, 7) is 12.6. The van der Waals surface area contributed by atoms with Gasteiger partial charge in [-0.25, -0.2) is 0 Å². The van der Waals surface area contributed by atoms with E-state index in [1.165, 1.54) is 28.3 Å². The zero-order valence-corrected chi connectivity index (χ0v) is 22.6. The minimum Gasteiger partial charge on any atom is -0.372 e. The first-order chi connectivity index (χ1) is 16.8. The Labute approximate surface area is 215 Å². The Bertz CT molecular complexity index is 1130. The predicted molar refractivity (Wildman–Crippen MR) is 150 cm³/mol. The lowest BCUT2D eigenvalue weighted by Gasteiger charge is -2.29. The second-order valence-electron chi connectivity index (χ2n) is 9.47. The number of aryl methyl sites for hydroxylation is 1. The highest BCUT2D eigenvalue weighted by Gasteiger charge is 2.41. The van der Waals surface area contributed by atoms with E-state index in [0.29, 0.717) is 0 Å². The molecule has 0 saturated carbocycles. The van der Waals surface area contributed by atoms with Crippen LogP contribution in [0.2, 0.25) is 0 Å². The molecular formula is C28H38N6S. The molecule has 7 heteroatoms. The highest BCUT2D eigenvalue weighted by Crippen LogP contribution is 2.41. The van der Waals surface area contributed by atoms with Crippen LogP contribution in [0.15, 0.2) is 54.7 Å². The van der Waals surface area contributed by atoms with E-state index in [-0.39, 0.29) is 12.1 Å². The molecule has 0 spiro atoms. The first-order valence-electron chi connectivity index (χ1n) is 12.5. The van der Waals surface area contributed by atoms with Crippen LogP contribution in [-0.4, -0.2) is 64.7 Å². The van der Waals surface area contributed by atoms with Gasteiger partial charge in [-0.2, -0.15) is 0 Å². The molecule has 2 atom stereocenters. The molecule has 0 aliphatic carbocycles. The van der Waals surface area contributed by atoms with Crippen LogP contribution in [0.25, 0.3) is 5.69 Å². The first-order valence-corrected chi connectivity index (χ1v) is 12.9. The zero-order chi connectivity index (χ0) is 25.1. The number of pyridine rings is 1. The standard InChI is InChI=1S/C28H38N6S/c1-7-32(8-2)22-12-14-23(15-13-22)34-20(3)19-24(21(34)4)27-26(25-11-9-10-16-29-25)30-28(35)33(27)18-17-31(5)6/h9-16,19,26-27H,7-8,17-18H2,1-6H3,(H,30,35)/t26-,27+/m1/s1. The second kappa shape index (κ2) is 10.8. The molecule has 6 nitrogen and oxygen atoms in total. The van der Waals surface area contributed by atoms with Crippen molar-refractivity contribution in [2.75, 3.05) is 45.2 Å². The average Bonchev–Trinajstić information content (AvgIpc) is 3.34. The summed E-state index contributed by atoms with van der Waals surface area (Å²) in [5.74, 6) is 0. The van der Waals surface area contributed by atoms with E-state index < -0.39 is 0 Å². The minimum absolute atomic E-state index is 0.00450. The molecule has 186 valence electrons. The highest BCUT2D eigenvalue weighted by atomic mass is 32.1. The fraction of sp³-hybridized carbons (Fsp3) is 0.429. The summed E-state index contributed by atoms with van der Waals surface area (Å²) >= 11 is 5.84. The summed E-state index contributed by atoms with van der Waals surface area (Å²) in [6, 6.07) is 17.4. The molecule has 0 unspecified atom stereocenters. The Kier molecular flexibility index (Phi) is 7.77. The third kappa shape index (κ3) is 5.07. The number of aromatic nitrogens is 2. The van der Waals surface area contributed by atoms with E-state index in [0.717, 1.165) is 37.0 Å². The number of likely N-dealkylation sites (N-methyl/N-ethyl adjacent to an activating group) is 1. The molecule has 3 aromatic rings. The minimum atomic E-state index is 0.00450. The van der Waals surface area contributed by atoms with Crippen molar-refractivity contribution in [3.8, 4) is 5.69 Å². The number of nitrogens with one attached hydrogen (secondary N) is 1. The fourth-order valence-corrected chi connectivity index (χ4v) is 5.51. The van der Waals surface area contributed by atoms with Crippen LogP contribution in [0, 0.1) is 13.8 Å². The molecule has 4 rings (SSSR count). The maximum Gasteiger partial charge on any atom is 0.170 e. The Morgan fingerprint density at radius 2 is 1.74 bits per heavy atom. The molecule has 0 bridgehead atoms. The molecule has 2 aromatic heterocycles. The lowest BCUT2D eigenvalue weighted by Crippen LogP contribution is -2.35. The fourth-order valence-electron chi connectivity index (χ4n) is 5.18. The highest BCUT2D eigenvalue weighted by molar-refractivity contribution is 7.80. The van der Waals surface area contributed by atoms with Crippen molar-refractivity contribution in [1.82, 2.24) is 24.7 Å². The van der Waals surface area contributed by atoms with E-state index in [1.54, 1.807) is 0 Å². The van der Waals surface area contributed by atoms with Crippen LogP contribution in [0.3, 0.4) is 0 Å². The van der Waals surface area contributed by atoms with Crippen molar-refractivity contribution < 1.29 is 0 Å². The number of nitrogens with zero attached hydrogens (tertiary/aromatic N) is 5. The van der Waals surface area contributed by atoms with Gasteiger partial charge in [-0.1, -0.05) is 6.07 Å². The van der Waals surface area contributed by atoms with Gasteiger partial charge in [-0.15, -0.1) is 0 Å². The van der Waals surface area contributed by atoms with Crippen LogP contribution < -0.4 is 10.2 Å². The molecule has 1 aromatic carbocycles. The lowest BCUT2D eigenvalue weighted by molar-refractivity contribution is 0.277. The van der Waals surface area contributed by atoms with Gasteiger partial charge in [-0.05, 0) is 102 Å². The van der Waals surface area contributed by atoms with Gasteiger partial charge in [0, 0.05) is 55.1 Å². The normalized spacial score (nSPS) is 17.8. The van der Waals surface area contributed by atoms with E-state index in [1.807, 2.05) is 18.3 Å². The molecule has 35 heavy (non-hydrogen) atoms. The number of rotatable bonds is 9. The third-order valence-corrected chi connectivity index (χ3v) is 7.36. The zero-order valence-electron chi connectivity index (χ0n) is 21.8. The number of benzene rings is 1. The van der Waals surface area contributed by atoms with E-state index >= 15 is 0 Å². The maximum atomic E-state index is 5.84. The Hall–Kier alpha value is -2.90. The summed E-state index contributed by atoms with van der Waals surface area (Å²) in [5, 5.41) is 4.38. The SMILES string of the molecule is CCN(CC)c1ccc(-n2c(C)cc([C@H]3[C@@H](c4ccccn4)NC(=S)N3CCN(C)C)c2C)cc1.